The maximum Gasteiger partial charge on any atom is 0.317 e. The van der Waals surface area contributed by atoms with Gasteiger partial charge in [-0.25, -0.2) is 9.18 Å². The van der Waals surface area contributed by atoms with E-state index in [1.165, 1.54) is 6.07 Å². The lowest BCUT2D eigenvalue weighted by Gasteiger charge is -2.26. The molecule has 0 aliphatic carbocycles. The minimum atomic E-state index is -0.482. The summed E-state index contributed by atoms with van der Waals surface area (Å²) in [7, 11) is 1.74. The molecule has 0 radical (unpaired) electrons. The van der Waals surface area contributed by atoms with E-state index in [-0.39, 0.29) is 23.6 Å². The number of hydrogen-bond acceptors (Lipinski definition) is 1. The Morgan fingerprint density at radius 1 is 1.60 bits per heavy atom. The van der Waals surface area contributed by atoms with Gasteiger partial charge >= 0.3 is 6.03 Å². The molecule has 1 rings (SSSR count). The van der Waals surface area contributed by atoms with E-state index >= 15 is 0 Å². The number of carbonyl (C=O) groups excluding carboxylic acids is 1. The molecule has 1 aromatic carbocycles. The standard InChI is InChI=1S/C15H20ClFN2O/c1-4-7-12(5-2)19(3)15(20)18-10-11-8-6-9-13(17)14(11)16/h4,6,8-9,12H,1,5,7,10H2,2-3H3,(H,18,20). The molecule has 0 saturated heterocycles. The molecule has 1 aromatic rings. The predicted octanol–water partition coefficient (Wildman–Crippen LogP) is 3.98. The molecule has 0 spiro atoms. The third kappa shape index (κ3) is 4.23. The van der Waals surface area contributed by atoms with Crippen LogP contribution in [0.4, 0.5) is 9.18 Å². The highest BCUT2D eigenvalue weighted by atomic mass is 35.5. The quantitative estimate of drug-likeness (QED) is 0.792. The predicted molar refractivity (Wildman–Crippen MR) is 80.3 cm³/mol. The Labute approximate surface area is 124 Å². The van der Waals surface area contributed by atoms with E-state index in [0.29, 0.717) is 5.56 Å². The van der Waals surface area contributed by atoms with Crippen LogP contribution in [0.25, 0.3) is 0 Å². The fourth-order valence-electron chi connectivity index (χ4n) is 1.94. The molecule has 3 nitrogen and oxygen atoms in total. The Bertz CT molecular complexity index is 479. The molecule has 0 aliphatic heterocycles. The van der Waals surface area contributed by atoms with Crippen LogP contribution in [0.3, 0.4) is 0 Å². The van der Waals surface area contributed by atoms with E-state index in [0.717, 1.165) is 12.8 Å². The van der Waals surface area contributed by atoms with Gasteiger partial charge in [-0.1, -0.05) is 36.7 Å². The van der Waals surface area contributed by atoms with Crippen molar-refractivity contribution in [1.29, 1.82) is 0 Å². The number of nitrogens with one attached hydrogen (secondary N) is 1. The van der Waals surface area contributed by atoms with Gasteiger partial charge in [-0.3, -0.25) is 0 Å². The monoisotopic (exact) mass is 298 g/mol. The molecule has 1 N–H and O–H groups in total. The van der Waals surface area contributed by atoms with Crippen LogP contribution < -0.4 is 5.32 Å². The van der Waals surface area contributed by atoms with Crippen molar-refractivity contribution in [1.82, 2.24) is 10.2 Å². The number of amides is 2. The van der Waals surface area contributed by atoms with E-state index in [1.807, 2.05) is 6.92 Å². The van der Waals surface area contributed by atoms with Gasteiger partial charge in [0.15, 0.2) is 0 Å². The van der Waals surface area contributed by atoms with Crippen molar-refractivity contribution in [3.63, 3.8) is 0 Å². The smallest absolute Gasteiger partial charge is 0.317 e. The number of halogens is 2. The molecule has 0 saturated carbocycles. The normalized spacial score (nSPS) is 11.8. The van der Waals surface area contributed by atoms with Crippen LogP contribution in [0, 0.1) is 5.82 Å². The van der Waals surface area contributed by atoms with E-state index in [4.69, 9.17) is 11.6 Å². The lowest BCUT2D eigenvalue weighted by molar-refractivity contribution is 0.188. The van der Waals surface area contributed by atoms with Crippen LogP contribution in [0.5, 0.6) is 0 Å². The Balaban J connectivity index is 2.62. The molecule has 0 heterocycles. The van der Waals surface area contributed by atoms with Gasteiger partial charge in [0, 0.05) is 19.6 Å². The summed E-state index contributed by atoms with van der Waals surface area (Å²) in [4.78, 5) is 13.7. The van der Waals surface area contributed by atoms with Crippen LogP contribution in [0.15, 0.2) is 30.9 Å². The first-order chi connectivity index (χ1) is 9.51. The van der Waals surface area contributed by atoms with E-state index < -0.39 is 5.82 Å². The van der Waals surface area contributed by atoms with Gasteiger partial charge in [0.2, 0.25) is 0 Å². The summed E-state index contributed by atoms with van der Waals surface area (Å²) in [6, 6.07) is 4.44. The maximum absolute atomic E-state index is 13.3. The van der Waals surface area contributed by atoms with Gasteiger partial charge in [0.05, 0.1) is 5.02 Å². The summed E-state index contributed by atoms with van der Waals surface area (Å²) in [5.74, 6) is -0.482. The molecule has 5 heteroatoms. The number of benzene rings is 1. The first kappa shape index (κ1) is 16.5. The highest BCUT2D eigenvalue weighted by Crippen LogP contribution is 2.19. The number of urea groups is 1. The van der Waals surface area contributed by atoms with Crippen molar-refractivity contribution in [3.8, 4) is 0 Å². The highest BCUT2D eigenvalue weighted by molar-refractivity contribution is 6.31. The Hall–Kier alpha value is -1.55. The summed E-state index contributed by atoms with van der Waals surface area (Å²) >= 11 is 5.84. The Morgan fingerprint density at radius 2 is 2.30 bits per heavy atom. The molecule has 0 aliphatic rings. The zero-order valence-corrected chi connectivity index (χ0v) is 12.6. The molecule has 0 aromatic heterocycles. The van der Waals surface area contributed by atoms with Gasteiger partial charge in [-0.05, 0) is 24.5 Å². The molecule has 20 heavy (non-hydrogen) atoms. The van der Waals surface area contributed by atoms with Crippen LogP contribution >= 0.6 is 11.6 Å². The topological polar surface area (TPSA) is 32.3 Å². The molecular weight excluding hydrogens is 279 g/mol. The average Bonchev–Trinajstić information content (AvgIpc) is 2.45. The lowest BCUT2D eigenvalue weighted by atomic mass is 10.1. The lowest BCUT2D eigenvalue weighted by Crippen LogP contribution is -2.43. The van der Waals surface area contributed by atoms with Crippen LogP contribution in [0.1, 0.15) is 25.3 Å². The first-order valence-electron chi connectivity index (χ1n) is 6.55. The molecule has 0 fully saturated rings. The van der Waals surface area contributed by atoms with Gasteiger partial charge in [0.1, 0.15) is 5.82 Å². The molecular formula is C15H20ClFN2O. The maximum atomic E-state index is 13.3. The zero-order valence-electron chi connectivity index (χ0n) is 11.8. The van der Waals surface area contributed by atoms with Gasteiger partial charge in [0.25, 0.3) is 0 Å². The summed E-state index contributed by atoms with van der Waals surface area (Å²) < 4.78 is 13.3. The van der Waals surface area contributed by atoms with Crippen LogP contribution in [-0.2, 0) is 6.54 Å². The number of rotatable bonds is 6. The van der Waals surface area contributed by atoms with Crippen LogP contribution in [-0.4, -0.2) is 24.0 Å². The third-order valence-electron chi connectivity index (χ3n) is 3.24. The number of hydrogen-bond donors (Lipinski definition) is 1. The minimum Gasteiger partial charge on any atom is -0.334 e. The average molecular weight is 299 g/mol. The van der Waals surface area contributed by atoms with E-state index in [2.05, 4.69) is 11.9 Å². The van der Waals surface area contributed by atoms with Crippen molar-refractivity contribution in [3.05, 3.63) is 47.3 Å². The van der Waals surface area contributed by atoms with Gasteiger partial charge in [-0.2, -0.15) is 0 Å². The molecule has 1 atom stereocenters. The van der Waals surface area contributed by atoms with E-state index in [1.54, 1.807) is 30.2 Å². The van der Waals surface area contributed by atoms with Crippen molar-refractivity contribution in [2.45, 2.75) is 32.4 Å². The van der Waals surface area contributed by atoms with Crippen molar-refractivity contribution in [2.75, 3.05) is 7.05 Å². The van der Waals surface area contributed by atoms with Crippen LogP contribution in [0.2, 0.25) is 5.02 Å². The minimum absolute atomic E-state index is 0.0496. The second-order valence-electron chi connectivity index (χ2n) is 4.57. The zero-order chi connectivity index (χ0) is 15.1. The van der Waals surface area contributed by atoms with Crippen molar-refractivity contribution in [2.24, 2.45) is 0 Å². The second-order valence-corrected chi connectivity index (χ2v) is 4.95. The Kier molecular flexibility index (Phi) is 6.52. The van der Waals surface area contributed by atoms with Crippen molar-refractivity contribution >= 4 is 17.6 Å². The summed E-state index contributed by atoms with van der Waals surface area (Å²) in [6.45, 7) is 5.90. The van der Waals surface area contributed by atoms with Gasteiger partial charge < -0.3 is 10.2 Å². The number of nitrogens with zero attached hydrogens (tertiary/aromatic N) is 1. The SMILES string of the molecule is C=CCC(CC)N(C)C(=O)NCc1cccc(F)c1Cl. The molecule has 110 valence electrons. The molecule has 2 amide bonds. The molecule has 0 bridgehead atoms. The second kappa shape index (κ2) is 7.90. The highest BCUT2D eigenvalue weighted by Gasteiger charge is 2.17. The summed E-state index contributed by atoms with van der Waals surface area (Å²) in [5.41, 5.74) is 0.560. The number of carbonyl (C=O) groups is 1. The van der Waals surface area contributed by atoms with E-state index in [9.17, 15) is 9.18 Å². The first-order valence-corrected chi connectivity index (χ1v) is 6.93. The van der Waals surface area contributed by atoms with Gasteiger partial charge in [-0.15, -0.1) is 6.58 Å². The molecule has 1 unspecified atom stereocenters. The fourth-order valence-corrected chi connectivity index (χ4v) is 2.13. The summed E-state index contributed by atoms with van der Waals surface area (Å²) in [5, 5.41) is 2.79. The third-order valence-corrected chi connectivity index (χ3v) is 3.66. The largest absolute Gasteiger partial charge is 0.334 e. The summed E-state index contributed by atoms with van der Waals surface area (Å²) in [6.07, 6.45) is 3.37. The van der Waals surface area contributed by atoms with Crippen molar-refractivity contribution < 1.29 is 9.18 Å². The Morgan fingerprint density at radius 3 is 2.90 bits per heavy atom. The fraction of sp³-hybridized carbons (Fsp3) is 0.400.